The maximum absolute atomic E-state index is 11.6. The summed E-state index contributed by atoms with van der Waals surface area (Å²) in [5.74, 6) is 1.36. The number of carbonyl (C=O) groups excluding carboxylic acids is 1. The molecule has 4 heterocycles. The summed E-state index contributed by atoms with van der Waals surface area (Å²) in [5, 5.41) is 3.61. The van der Waals surface area contributed by atoms with Gasteiger partial charge in [0.15, 0.2) is 0 Å². The average Bonchev–Trinajstić information content (AvgIpc) is 3.45. The molecule has 0 bridgehead atoms. The van der Waals surface area contributed by atoms with E-state index < -0.39 is 5.60 Å². The minimum Gasteiger partial charge on any atom is -0.485 e. The Bertz CT molecular complexity index is 1460. The fourth-order valence-electron chi connectivity index (χ4n) is 5.77. The summed E-state index contributed by atoms with van der Waals surface area (Å²) >= 11 is 0. The normalized spacial score (nSPS) is 25.0. The molecule has 2 aromatic heterocycles. The number of rotatable bonds is 3. The SMILES string of the molecule is Nc1ncnc2c1c(-c1ccc3c(c1)OC(c1ccccc1)CC3)cn2C1CC2(CNC(=O)O2)C1. The number of nitrogens with two attached hydrogens (primary N) is 1. The number of ether oxygens (including phenoxy) is 2. The van der Waals surface area contributed by atoms with Gasteiger partial charge in [0.25, 0.3) is 0 Å². The number of amides is 1. The predicted octanol–water partition coefficient (Wildman–Crippen LogP) is 4.56. The van der Waals surface area contributed by atoms with Gasteiger partial charge in [-0.05, 0) is 35.6 Å². The average molecular weight is 468 g/mol. The number of fused-ring (bicyclic) bond motifs is 2. The molecule has 3 aliphatic rings. The number of aryl methyl sites for hydroxylation is 1. The summed E-state index contributed by atoms with van der Waals surface area (Å²) in [7, 11) is 0. The van der Waals surface area contributed by atoms with E-state index in [1.807, 2.05) is 6.07 Å². The molecule has 1 saturated carbocycles. The second kappa shape index (κ2) is 7.46. The molecule has 1 spiro atoms. The van der Waals surface area contributed by atoms with Gasteiger partial charge < -0.3 is 25.1 Å². The maximum atomic E-state index is 11.6. The highest BCUT2D eigenvalue weighted by Gasteiger charge is 2.52. The Morgan fingerprint density at radius 2 is 1.97 bits per heavy atom. The van der Waals surface area contributed by atoms with Crippen LogP contribution < -0.4 is 15.8 Å². The number of hydrogen-bond donors (Lipinski definition) is 2. The number of hydrogen-bond acceptors (Lipinski definition) is 6. The van der Waals surface area contributed by atoms with Crippen molar-refractivity contribution >= 4 is 22.9 Å². The van der Waals surface area contributed by atoms with Crippen LogP contribution in [0, 0.1) is 0 Å². The fourth-order valence-corrected chi connectivity index (χ4v) is 5.77. The third-order valence-corrected chi connectivity index (χ3v) is 7.61. The molecular weight excluding hydrogens is 442 g/mol. The number of nitrogens with one attached hydrogen (secondary N) is 1. The topological polar surface area (TPSA) is 104 Å². The highest BCUT2D eigenvalue weighted by atomic mass is 16.6. The minimum absolute atomic E-state index is 0.0441. The Kier molecular flexibility index (Phi) is 4.33. The van der Waals surface area contributed by atoms with Crippen molar-refractivity contribution in [2.45, 2.75) is 43.4 Å². The Hall–Kier alpha value is -4.07. The number of anilines is 1. The van der Waals surface area contributed by atoms with Gasteiger partial charge in [-0.3, -0.25) is 0 Å². The van der Waals surface area contributed by atoms with Crippen LogP contribution in [0.4, 0.5) is 10.6 Å². The third-order valence-electron chi connectivity index (χ3n) is 7.61. The van der Waals surface area contributed by atoms with E-state index in [2.05, 4.69) is 68.5 Å². The van der Waals surface area contributed by atoms with Crippen LogP contribution in [0.2, 0.25) is 0 Å². The fraction of sp³-hybridized carbons (Fsp3) is 0.296. The van der Waals surface area contributed by atoms with E-state index in [1.54, 1.807) is 0 Å². The molecule has 8 heteroatoms. The molecule has 3 N–H and O–H groups in total. The van der Waals surface area contributed by atoms with Gasteiger partial charge >= 0.3 is 6.09 Å². The van der Waals surface area contributed by atoms with E-state index in [-0.39, 0.29) is 18.2 Å². The lowest BCUT2D eigenvalue weighted by atomic mass is 9.75. The maximum Gasteiger partial charge on any atom is 0.407 e. The van der Waals surface area contributed by atoms with Gasteiger partial charge in [-0.2, -0.15) is 0 Å². The van der Waals surface area contributed by atoms with Crippen LogP contribution >= 0.6 is 0 Å². The molecule has 1 atom stereocenters. The molecule has 1 unspecified atom stereocenters. The second-order valence-electron chi connectivity index (χ2n) is 9.77. The lowest BCUT2D eigenvalue weighted by molar-refractivity contribution is -0.0395. The zero-order valence-corrected chi connectivity index (χ0v) is 19.1. The Morgan fingerprint density at radius 3 is 2.77 bits per heavy atom. The van der Waals surface area contributed by atoms with Crippen molar-refractivity contribution in [3.8, 4) is 16.9 Å². The zero-order valence-electron chi connectivity index (χ0n) is 19.1. The highest BCUT2D eigenvalue weighted by molar-refractivity contribution is 6.01. The van der Waals surface area contributed by atoms with E-state index in [0.717, 1.165) is 53.6 Å². The summed E-state index contributed by atoms with van der Waals surface area (Å²) in [4.78, 5) is 20.4. The molecule has 1 amide bonds. The summed E-state index contributed by atoms with van der Waals surface area (Å²) in [6, 6.07) is 16.9. The molecule has 1 saturated heterocycles. The summed E-state index contributed by atoms with van der Waals surface area (Å²) < 4.78 is 14.2. The smallest absolute Gasteiger partial charge is 0.407 e. The molecule has 35 heavy (non-hydrogen) atoms. The van der Waals surface area contributed by atoms with E-state index in [1.165, 1.54) is 17.5 Å². The van der Waals surface area contributed by atoms with Crippen LogP contribution in [0.15, 0.2) is 61.1 Å². The van der Waals surface area contributed by atoms with Gasteiger partial charge in [-0.15, -0.1) is 0 Å². The highest BCUT2D eigenvalue weighted by Crippen LogP contribution is 2.48. The van der Waals surface area contributed by atoms with Crippen LogP contribution in [-0.4, -0.2) is 32.8 Å². The Labute approximate surface area is 202 Å². The predicted molar refractivity (Wildman–Crippen MR) is 131 cm³/mol. The summed E-state index contributed by atoms with van der Waals surface area (Å²) in [6.07, 6.45) is 6.73. The summed E-state index contributed by atoms with van der Waals surface area (Å²) in [5.41, 5.74) is 11.2. The number of aromatic nitrogens is 3. The molecule has 2 fully saturated rings. The van der Waals surface area contributed by atoms with Gasteiger partial charge in [0.05, 0.1) is 11.9 Å². The van der Waals surface area contributed by atoms with Gasteiger partial charge in [0, 0.05) is 30.6 Å². The molecule has 176 valence electrons. The number of carbonyl (C=O) groups is 1. The molecule has 0 radical (unpaired) electrons. The van der Waals surface area contributed by atoms with Crippen molar-refractivity contribution in [1.29, 1.82) is 0 Å². The van der Waals surface area contributed by atoms with Crippen molar-refractivity contribution in [2.24, 2.45) is 0 Å². The summed E-state index contributed by atoms with van der Waals surface area (Å²) in [6.45, 7) is 0.552. The second-order valence-corrected chi connectivity index (χ2v) is 9.77. The van der Waals surface area contributed by atoms with Crippen molar-refractivity contribution in [3.05, 3.63) is 72.2 Å². The lowest BCUT2D eigenvalue weighted by Gasteiger charge is -2.43. The standard InChI is InChI=1S/C27H25N5O3/c28-24-23-20(13-32(25(23)31-15-30-24)19-11-27(12-19)14-29-26(33)35-27)18-7-6-17-8-9-21(34-22(17)10-18)16-4-2-1-3-5-16/h1-7,10,13,15,19,21H,8-9,11-12,14H2,(H,29,33)(H2,28,30,31). The van der Waals surface area contributed by atoms with Gasteiger partial charge in [-0.25, -0.2) is 14.8 Å². The minimum atomic E-state index is -0.413. The Morgan fingerprint density at radius 1 is 1.11 bits per heavy atom. The van der Waals surface area contributed by atoms with E-state index in [4.69, 9.17) is 15.2 Å². The van der Waals surface area contributed by atoms with Crippen molar-refractivity contribution in [3.63, 3.8) is 0 Å². The van der Waals surface area contributed by atoms with E-state index >= 15 is 0 Å². The molecule has 2 aromatic carbocycles. The van der Waals surface area contributed by atoms with Crippen molar-refractivity contribution in [2.75, 3.05) is 12.3 Å². The number of alkyl carbamates (subject to hydrolysis) is 1. The number of nitrogen functional groups attached to an aromatic ring is 1. The van der Waals surface area contributed by atoms with E-state index in [0.29, 0.717) is 12.4 Å². The van der Waals surface area contributed by atoms with Crippen molar-refractivity contribution in [1.82, 2.24) is 19.9 Å². The molecular formula is C27H25N5O3. The first kappa shape index (κ1) is 20.3. The monoisotopic (exact) mass is 467 g/mol. The first-order valence-corrected chi connectivity index (χ1v) is 12.0. The quantitative estimate of drug-likeness (QED) is 0.458. The van der Waals surface area contributed by atoms with Crippen LogP contribution in [-0.2, 0) is 11.2 Å². The van der Waals surface area contributed by atoms with Crippen molar-refractivity contribution < 1.29 is 14.3 Å². The molecule has 8 nitrogen and oxygen atoms in total. The Balaban J connectivity index is 1.25. The molecule has 4 aromatic rings. The van der Waals surface area contributed by atoms with Crippen LogP contribution in [0.25, 0.3) is 22.2 Å². The molecule has 7 rings (SSSR count). The largest absolute Gasteiger partial charge is 0.485 e. The first-order valence-electron chi connectivity index (χ1n) is 12.0. The lowest BCUT2D eigenvalue weighted by Crippen LogP contribution is -2.47. The van der Waals surface area contributed by atoms with Crippen LogP contribution in [0.3, 0.4) is 0 Å². The third kappa shape index (κ3) is 3.24. The molecule has 2 aliphatic heterocycles. The van der Waals surface area contributed by atoms with Gasteiger partial charge in [0.2, 0.25) is 0 Å². The van der Waals surface area contributed by atoms with Crippen LogP contribution in [0.1, 0.15) is 42.5 Å². The zero-order chi connectivity index (χ0) is 23.6. The number of nitrogens with zero attached hydrogens (tertiary/aromatic N) is 3. The molecule has 1 aliphatic carbocycles. The van der Waals surface area contributed by atoms with E-state index in [9.17, 15) is 4.79 Å². The van der Waals surface area contributed by atoms with Crippen LogP contribution in [0.5, 0.6) is 5.75 Å². The first-order chi connectivity index (χ1) is 17.1. The number of benzene rings is 2. The van der Waals surface area contributed by atoms with Gasteiger partial charge in [-0.1, -0.05) is 42.5 Å². The van der Waals surface area contributed by atoms with Gasteiger partial charge in [0.1, 0.15) is 35.2 Å².